The first-order chi connectivity index (χ1) is 12.1. The van der Waals surface area contributed by atoms with E-state index >= 15 is 0 Å². The smallest absolute Gasteiger partial charge is 0.323 e. The fraction of sp³-hybridized carbons (Fsp3) is 0.947. The van der Waals surface area contributed by atoms with Crippen LogP contribution in [0.2, 0.25) is 0 Å². The van der Waals surface area contributed by atoms with Crippen molar-refractivity contribution >= 4 is 13.9 Å². The van der Waals surface area contributed by atoms with E-state index in [1.165, 1.54) is 70.6 Å². The first-order valence-corrected chi connectivity index (χ1v) is 11.9. The fourth-order valence-corrected chi connectivity index (χ4v) is 4.25. The average Bonchev–Trinajstić information content (AvgIpc) is 2.59. The molecule has 25 heavy (non-hydrogen) atoms. The number of hydrogen-bond donors (Lipinski definition) is 3. The van der Waals surface area contributed by atoms with Crippen LogP contribution in [0, 0.1) is 0 Å². The lowest BCUT2D eigenvalue weighted by molar-refractivity contribution is -0.139. The summed E-state index contributed by atoms with van der Waals surface area (Å²) in [4.78, 5) is 10.7. The van der Waals surface area contributed by atoms with Gasteiger partial charge in [0.05, 0.1) is 6.61 Å². The molecule has 0 fully saturated rings. The highest BCUT2D eigenvalue weighted by Crippen LogP contribution is 2.19. The molecule has 3 N–H and O–H groups in total. The Balaban J connectivity index is 3.28. The molecule has 5 nitrogen and oxygen atoms in total. The van der Waals surface area contributed by atoms with Crippen molar-refractivity contribution in [2.75, 3.05) is 12.8 Å². The molecule has 0 radical (unpaired) electrons. The molecule has 0 aromatic carbocycles. The number of carboxylic acid groups (broad SMARTS) is 1. The summed E-state index contributed by atoms with van der Waals surface area (Å²) < 4.78 is 11.7. The molecule has 6 heteroatoms. The lowest BCUT2D eigenvalue weighted by Gasteiger charge is -2.11. The van der Waals surface area contributed by atoms with Crippen molar-refractivity contribution < 1.29 is 19.6 Å². The molecule has 0 heterocycles. The van der Waals surface area contributed by atoms with Crippen molar-refractivity contribution in [2.24, 2.45) is 0 Å². The molecule has 0 saturated carbocycles. The van der Waals surface area contributed by atoms with E-state index in [4.69, 9.17) is 10.2 Å². The number of carbonyl (C=O) groups is 1. The minimum Gasteiger partial charge on any atom is -0.480 e. The predicted octanol–water partition coefficient (Wildman–Crippen LogP) is 4.98. The number of aliphatic carboxylic acids is 1. The fourth-order valence-electron chi connectivity index (χ4n) is 2.93. The molecule has 2 unspecified atom stereocenters. The maximum atomic E-state index is 11.7. The van der Waals surface area contributed by atoms with Crippen LogP contribution in [0.25, 0.3) is 0 Å². The van der Waals surface area contributed by atoms with Crippen molar-refractivity contribution in [3.8, 4) is 0 Å². The zero-order valence-corrected chi connectivity index (χ0v) is 17.1. The van der Waals surface area contributed by atoms with E-state index in [9.17, 15) is 9.36 Å². The molecule has 0 aliphatic heterocycles. The quantitative estimate of drug-likeness (QED) is 0.218. The molecular weight excluding hydrogens is 337 g/mol. The van der Waals surface area contributed by atoms with Gasteiger partial charge in [0.2, 0.25) is 0 Å². The molecule has 0 aliphatic rings. The molecule has 0 amide bonds. The first-order valence-electron chi connectivity index (χ1n) is 10.2. The molecule has 0 spiro atoms. The molecule has 150 valence electrons. The van der Waals surface area contributed by atoms with E-state index in [0.717, 1.165) is 19.3 Å². The van der Waals surface area contributed by atoms with E-state index in [0.29, 0.717) is 6.16 Å². The molecule has 0 rings (SSSR count). The monoisotopic (exact) mass is 377 g/mol. The van der Waals surface area contributed by atoms with Gasteiger partial charge < -0.3 is 14.8 Å². The molecule has 0 aromatic heterocycles. The number of aliphatic hydroxyl groups excluding tert-OH is 1. The highest BCUT2D eigenvalue weighted by Gasteiger charge is 2.17. The number of aliphatic hydroxyl groups is 1. The van der Waals surface area contributed by atoms with Gasteiger partial charge in [-0.3, -0.25) is 9.88 Å². The number of unbranched alkanes of at least 4 members (excludes halogenated alkanes) is 13. The summed E-state index contributed by atoms with van der Waals surface area (Å²) in [5, 5.41) is 20.2. The predicted molar refractivity (Wildman–Crippen MR) is 106 cm³/mol. The third kappa shape index (κ3) is 16.8. The SMILES string of the molecule is CCCCCCCCCCCCCCCC[PH](=O)NC(CO)C(=O)O. The second kappa shape index (κ2) is 18.4. The summed E-state index contributed by atoms with van der Waals surface area (Å²) in [7, 11) is -2.10. The van der Waals surface area contributed by atoms with Crippen LogP contribution in [0.5, 0.6) is 0 Å². The highest BCUT2D eigenvalue weighted by atomic mass is 31.1. The summed E-state index contributed by atoms with van der Waals surface area (Å²) in [6.45, 7) is 1.73. The average molecular weight is 378 g/mol. The molecule has 0 saturated heterocycles. The Kier molecular flexibility index (Phi) is 18.1. The summed E-state index contributed by atoms with van der Waals surface area (Å²) in [6.07, 6.45) is 18.4. The number of rotatable bonds is 19. The van der Waals surface area contributed by atoms with Crippen LogP contribution in [0.1, 0.15) is 96.8 Å². The largest absolute Gasteiger partial charge is 0.480 e. The maximum Gasteiger partial charge on any atom is 0.323 e. The minimum atomic E-state index is -2.10. The van der Waals surface area contributed by atoms with Crippen molar-refractivity contribution in [3.05, 3.63) is 0 Å². The van der Waals surface area contributed by atoms with E-state index in [2.05, 4.69) is 12.0 Å². The Bertz CT molecular complexity index is 339. The van der Waals surface area contributed by atoms with Crippen molar-refractivity contribution in [2.45, 2.75) is 103 Å². The first kappa shape index (κ1) is 24.6. The summed E-state index contributed by atoms with van der Waals surface area (Å²) in [5.74, 6) is -1.15. The Morgan fingerprint density at radius 3 is 1.60 bits per heavy atom. The normalized spacial score (nSPS) is 13.7. The molecule has 2 atom stereocenters. The summed E-state index contributed by atoms with van der Waals surface area (Å²) in [5.41, 5.74) is 0. The van der Waals surface area contributed by atoms with Crippen LogP contribution in [-0.2, 0) is 9.36 Å². The lowest BCUT2D eigenvalue weighted by Crippen LogP contribution is -2.35. The van der Waals surface area contributed by atoms with Crippen LogP contribution >= 0.6 is 7.95 Å². The van der Waals surface area contributed by atoms with E-state index in [1.54, 1.807) is 0 Å². The van der Waals surface area contributed by atoms with Gasteiger partial charge in [-0.2, -0.15) is 0 Å². The standard InChI is InChI=1S/C19H40NO4P/c1-2-3-4-5-6-7-8-9-10-11-12-13-14-15-16-25(24)20-18(17-21)19(22)23/h18,21,25H,2-17H2,1H3,(H,20,24)(H,22,23). The number of hydrogen-bond acceptors (Lipinski definition) is 3. The van der Waals surface area contributed by atoms with Gasteiger partial charge in [0.1, 0.15) is 14.0 Å². The van der Waals surface area contributed by atoms with Gasteiger partial charge in [0.25, 0.3) is 0 Å². The van der Waals surface area contributed by atoms with Crippen LogP contribution in [0.3, 0.4) is 0 Å². The van der Waals surface area contributed by atoms with Gasteiger partial charge in [-0.1, -0.05) is 90.4 Å². The summed E-state index contributed by atoms with van der Waals surface area (Å²) in [6, 6.07) is -1.10. The Hall–Kier alpha value is -0.380. The van der Waals surface area contributed by atoms with Gasteiger partial charge >= 0.3 is 5.97 Å². The molecule has 0 aliphatic carbocycles. The Labute approximate surface area is 154 Å². The van der Waals surface area contributed by atoms with E-state index in [-0.39, 0.29) is 0 Å². The van der Waals surface area contributed by atoms with Gasteiger partial charge in [0, 0.05) is 6.16 Å². The lowest BCUT2D eigenvalue weighted by atomic mass is 10.0. The minimum absolute atomic E-state index is 0.520. The van der Waals surface area contributed by atoms with E-state index < -0.39 is 26.6 Å². The van der Waals surface area contributed by atoms with Crippen molar-refractivity contribution in [1.29, 1.82) is 0 Å². The van der Waals surface area contributed by atoms with Crippen LogP contribution in [-0.4, -0.2) is 35.0 Å². The van der Waals surface area contributed by atoms with Crippen LogP contribution in [0.15, 0.2) is 0 Å². The van der Waals surface area contributed by atoms with Gasteiger partial charge in [0.15, 0.2) is 0 Å². The Morgan fingerprint density at radius 1 is 0.840 bits per heavy atom. The maximum absolute atomic E-state index is 11.7. The number of nitrogens with one attached hydrogen (secondary N) is 1. The van der Waals surface area contributed by atoms with Crippen LogP contribution in [0.4, 0.5) is 0 Å². The van der Waals surface area contributed by atoms with Crippen LogP contribution < -0.4 is 5.09 Å². The topological polar surface area (TPSA) is 86.6 Å². The van der Waals surface area contributed by atoms with Crippen molar-refractivity contribution in [1.82, 2.24) is 5.09 Å². The zero-order valence-electron chi connectivity index (χ0n) is 16.1. The van der Waals surface area contributed by atoms with E-state index in [1.807, 2.05) is 0 Å². The third-order valence-electron chi connectivity index (χ3n) is 4.57. The van der Waals surface area contributed by atoms with Gasteiger partial charge in [-0.05, 0) is 6.42 Å². The number of carboxylic acids is 1. The molecule has 0 aromatic rings. The second-order valence-electron chi connectivity index (χ2n) is 6.99. The van der Waals surface area contributed by atoms with Gasteiger partial charge in [-0.15, -0.1) is 0 Å². The third-order valence-corrected chi connectivity index (χ3v) is 6.05. The highest BCUT2D eigenvalue weighted by molar-refractivity contribution is 7.42. The second-order valence-corrected chi connectivity index (χ2v) is 8.62. The Morgan fingerprint density at radius 2 is 1.24 bits per heavy atom. The molecular formula is C19H40NO4P. The van der Waals surface area contributed by atoms with Crippen molar-refractivity contribution in [3.63, 3.8) is 0 Å². The zero-order chi connectivity index (χ0) is 18.8. The van der Waals surface area contributed by atoms with Gasteiger partial charge in [-0.25, -0.2) is 0 Å². The summed E-state index contributed by atoms with van der Waals surface area (Å²) >= 11 is 0. The molecule has 0 bridgehead atoms.